The number of hydrogen-bond donors (Lipinski definition) is 2. The highest BCUT2D eigenvalue weighted by Gasteiger charge is 2.21. The van der Waals surface area contributed by atoms with Gasteiger partial charge in [-0.05, 0) is 26.1 Å². The molecule has 1 aliphatic heterocycles. The number of rotatable bonds is 5. The minimum absolute atomic E-state index is 0.00435. The predicted molar refractivity (Wildman–Crippen MR) is 63.1 cm³/mol. The molecular formula is C10H20N2O2S. The highest BCUT2D eigenvalue weighted by Crippen LogP contribution is 2.20. The van der Waals surface area contributed by atoms with Crippen LogP contribution in [-0.4, -0.2) is 59.7 Å². The average Bonchev–Trinajstić information content (AvgIpc) is 2.67. The van der Waals surface area contributed by atoms with Gasteiger partial charge in [-0.15, -0.1) is 0 Å². The Morgan fingerprint density at radius 3 is 3.00 bits per heavy atom. The maximum atomic E-state index is 11.4. The lowest BCUT2D eigenvalue weighted by molar-refractivity contribution is -0.122. The van der Waals surface area contributed by atoms with E-state index in [-0.39, 0.29) is 5.91 Å². The van der Waals surface area contributed by atoms with E-state index < -0.39 is 6.10 Å². The molecule has 0 saturated carbocycles. The first-order valence-corrected chi connectivity index (χ1v) is 6.48. The summed E-state index contributed by atoms with van der Waals surface area (Å²) in [5.74, 6) is 2.32. The van der Waals surface area contributed by atoms with E-state index in [1.54, 1.807) is 6.92 Å². The molecule has 0 spiro atoms. The van der Waals surface area contributed by atoms with Crippen molar-refractivity contribution in [2.75, 3.05) is 31.6 Å². The minimum atomic E-state index is -0.471. The van der Waals surface area contributed by atoms with Crippen LogP contribution in [0.3, 0.4) is 0 Å². The third-order valence-corrected chi connectivity index (χ3v) is 3.66. The van der Waals surface area contributed by atoms with Crippen LogP contribution in [0.1, 0.15) is 13.3 Å². The summed E-state index contributed by atoms with van der Waals surface area (Å²) >= 11 is 1.94. The highest BCUT2D eigenvalue weighted by atomic mass is 32.2. The van der Waals surface area contributed by atoms with Crippen molar-refractivity contribution >= 4 is 17.7 Å². The van der Waals surface area contributed by atoms with Gasteiger partial charge in [-0.25, -0.2) is 0 Å². The van der Waals surface area contributed by atoms with Crippen molar-refractivity contribution in [2.24, 2.45) is 0 Å². The first kappa shape index (κ1) is 12.8. The molecule has 0 radical (unpaired) electrons. The summed E-state index contributed by atoms with van der Waals surface area (Å²) in [5.41, 5.74) is 0. The molecule has 4 nitrogen and oxygen atoms in total. The van der Waals surface area contributed by atoms with Crippen molar-refractivity contribution < 1.29 is 9.90 Å². The quantitative estimate of drug-likeness (QED) is 0.696. The topological polar surface area (TPSA) is 52.6 Å². The van der Waals surface area contributed by atoms with Crippen LogP contribution in [0.15, 0.2) is 0 Å². The van der Waals surface area contributed by atoms with Gasteiger partial charge >= 0.3 is 0 Å². The molecule has 1 rings (SSSR count). The molecule has 0 bridgehead atoms. The average molecular weight is 232 g/mol. The van der Waals surface area contributed by atoms with Crippen LogP contribution in [0.4, 0.5) is 0 Å². The maximum Gasteiger partial charge on any atom is 0.234 e. The molecule has 88 valence electrons. The number of carbonyl (C=O) groups excluding carboxylic acids is 1. The molecule has 5 heteroatoms. The second-order valence-electron chi connectivity index (χ2n) is 4.09. The van der Waals surface area contributed by atoms with Crippen LogP contribution in [0.2, 0.25) is 0 Å². The van der Waals surface area contributed by atoms with E-state index in [1.807, 2.05) is 18.8 Å². The Kier molecular flexibility index (Phi) is 5.42. The molecule has 0 aliphatic carbocycles. The maximum absolute atomic E-state index is 11.4. The molecular weight excluding hydrogens is 212 g/mol. The lowest BCUT2D eigenvalue weighted by Crippen LogP contribution is -2.42. The van der Waals surface area contributed by atoms with Crippen LogP contribution >= 0.6 is 11.8 Å². The van der Waals surface area contributed by atoms with Gasteiger partial charge in [-0.2, -0.15) is 11.8 Å². The first-order valence-electron chi connectivity index (χ1n) is 5.32. The summed E-state index contributed by atoms with van der Waals surface area (Å²) in [4.78, 5) is 13.5. The molecule has 0 aromatic carbocycles. The summed E-state index contributed by atoms with van der Waals surface area (Å²) in [6.07, 6.45) is 0.700. The summed E-state index contributed by atoms with van der Waals surface area (Å²) in [6.45, 7) is 2.43. The lowest BCUT2D eigenvalue weighted by Gasteiger charge is -2.22. The van der Waals surface area contributed by atoms with Crippen LogP contribution in [0.5, 0.6) is 0 Å². The van der Waals surface area contributed by atoms with Gasteiger partial charge in [-0.3, -0.25) is 9.69 Å². The van der Waals surface area contributed by atoms with Gasteiger partial charge in [0.05, 0.1) is 12.6 Å². The molecule has 0 aromatic rings. The zero-order chi connectivity index (χ0) is 11.3. The predicted octanol–water partition coefficient (Wildman–Crippen LogP) is -0.0793. The van der Waals surface area contributed by atoms with Crippen LogP contribution < -0.4 is 5.32 Å². The Labute approximate surface area is 95.4 Å². The number of aliphatic hydroxyl groups excluding tert-OH is 1. The van der Waals surface area contributed by atoms with Crippen LogP contribution in [-0.2, 0) is 4.79 Å². The van der Waals surface area contributed by atoms with Crippen LogP contribution in [0, 0.1) is 0 Å². The molecule has 2 N–H and O–H groups in total. The molecule has 1 amide bonds. The standard InChI is InChI=1S/C10H20N2O2S/c1-8(13)5-11-10(14)6-12(2)9-3-4-15-7-9/h8-9,13H,3-7H2,1-2H3,(H,11,14). The molecule has 2 unspecified atom stereocenters. The number of carbonyl (C=O) groups is 1. The Hall–Kier alpha value is -0.260. The van der Waals surface area contributed by atoms with Gasteiger partial charge in [0.15, 0.2) is 0 Å². The fourth-order valence-electron chi connectivity index (χ4n) is 1.54. The molecule has 0 aromatic heterocycles. The second-order valence-corrected chi connectivity index (χ2v) is 5.24. The fourth-order valence-corrected chi connectivity index (χ4v) is 2.84. The van der Waals surface area contributed by atoms with E-state index in [9.17, 15) is 4.79 Å². The molecule has 1 aliphatic rings. The summed E-state index contributed by atoms with van der Waals surface area (Å²) < 4.78 is 0. The first-order chi connectivity index (χ1) is 7.09. The monoisotopic (exact) mass is 232 g/mol. The van der Waals surface area contributed by atoms with E-state index in [0.717, 1.165) is 5.75 Å². The van der Waals surface area contributed by atoms with E-state index in [4.69, 9.17) is 5.11 Å². The van der Waals surface area contributed by atoms with Gasteiger partial charge in [-0.1, -0.05) is 0 Å². The van der Waals surface area contributed by atoms with Gasteiger partial charge in [0, 0.05) is 18.3 Å². The zero-order valence-electron chi connectivity index (χ0n) is 9.40. The number of nitrogens with one attached hydrogen (secondary N) is 1. The van der Waals surface area contributed by atoms with Crippen LogP contribution in [0.25, 0.3) is 0 Å². The normalized spacial score (nSPS) is 23.1. The summed E-state index contributed by atoms with van der Waals surface area (Å²) in [6, 6.07) is 0.535. The third-order valence-electron chi connectivity index (χ3n) is 2.52. The Morgan fingerprint density at radius 2 is 2.47 bits per heavy atom. The number of thioether (sulfide) groups is 1. The Balaban J connectivity index is 2.18. The number of nitrogens with zero attached hydrogens (tertiary/aromatic N) is 1. The SMILES string of the molecule is CC(O)CNC(=O)CN(C)C1CCSC1. The van der Waals surface area contributed by atoms with Gasteiger partial charge < -0.3 is 10.4 Å². The van der Waals surface area contributed by atoms with Crippen molar-refractivity contribution in [3.8, 4) is 0 Å². The molecule has 2 atom stereocenters. The van der Waals surface area contributed by atoms with Crippen molar-refractivity contribution in [1.82, 2.24) is 10.2 Å². The molecule has 1 saturated heterocycles. The molecule has 1 fully saturated rings. The zero-order valence-corrected chi connectivity index (χ0v) is 10.2. The molecule has 1 heterocycles. The number of aliphatic hydroxyl groups is 1. The van der Waals surface area contributed by atoms with Crippen molar-refractivity contribution in [2.45, 2.75) is 25.5 Å². The number of amides is 1. The van der Waals surface area contributed by atoms with E-state index in [0.29, 0.717) is 19.1 Å². The van der Waals surface area contributed by atoms with Gasteiger partial charge in [0.1, 0.15) is 0 Å². The smallest absolute Gasteiger partial charge is 0.234 e. The second kappa shape index (κ2) is 6.35. The third kappa shape index (κ3) is 4.86. The van der Waals surface area contributed by atoms with Crippen molar-refractivity contribution in [3.63, 3.8) is 0 Å². The largest absolute Gasteiger partial charge is 0.392 e. The Bertz CT molecular complexity index is 206. The molecule has 15 heavy (non-hydrogen) atoms. The Morgan fingerprint density at radius 1 is 1.73 bits per heavy atom. The summed E-state index contributed by atoms with van der Waals surface area (Å²) in [7, 11) is 1.98. The van der Waals surface area contributed by atoms with E-state index in [2.05, 4.69) is 10.2 Å². The summed E-state index contributed by atoms with van der Waals surface area (Å²) in [5, 5.41) is 11.7. The van der Waals surface area contributed by atoms with Gasteiger partial charge in [0.25, 0.3) is 0 Å². The number of hydrogen-bond acceptors (Lipinski definition) is 4. The number of likely N-dealkylation sites (N-methyl/N-ethyl adjacent to an activating group) is 1. The highest BCUT2D eigenvalue weighted by molar-refractivity contribution is 7.99. The van der Waals surface area contributed by atoms with Crippen molar-refractivity contribution in [1.29, 1.82) is 0 Å². The van der Waals surface area contributed by atoms with Gasteiger partial charge in [0.2, 0.25) is 5.91 Å². The lowest BCUT2D eigenvalue weighted by atomic mass is 10.2. The van der Waals surface area contributed by atoms with E-state index >= 15 is 0 Å². The van der Waals surface area contributed by atoms with E-state index in [1.165, 1.54) is 12.2 Å². The minimum Gasteiger partial charge on any atom is -0.392 e. The van der Waals surface area contributed by atoms with Crippen molar-refractivity contribution in [3.05, 3.63) is 0 Å². The fraction of sp³-hybridized carbons (Fsp3) is 0.900.